The Morgan fingerprint density at radius 2 is 2.16 bits per heavy atom. The second-order valence-electron chi connectivity index (χ2n) is 6.08. The molecule has 2 atom stereocenters. The fourth-order valence-electron chi connectivity index (χ4n) is 2.74. The van der Waals surface area contributed by atoms with E-state index < -0.39 is 46.6 Å². The summed E-state index contributed by atoms with van der Waals surface area (Å²) in [6.07, 6.45) is 0. The number of halogens is 1. The topological polar surface area (TPSA) is 185 Å². The smallest absolute Gasteiger partial charge is 0.374 e. The molecule has 0 unspecified atom stereocenters. The number of nitrogens with two attached hydrogens (primary N) is 1. The molecule has 0 aliphatic carbocycles. The normalized spacial score (nSPS) is 20.6. The monoisotopic (exact) mass is 487 g/mol. The fourth-order valence-corrected chi connectivity index (χ4v) is 4.96. The lowest BCUT2D eigenvalue weighted by molar-refractivity contribution is -0.150. The molecule has 31 heavy (non-hydrogen) atoms. The Balaban J connectivity index is 1.82. The van der Waals surface area contributed by atoms with Crippen LogP contribution in [-0.4, -0.2) is 72.6 Å². The number of fused-ring (bicyclic) bond motifs is 1. The number of carbonyl (C=O) groups is 4. The number of aromatic nitrogens is 1. The van der Waals surface area contributed by atoms with Gasteiger partial charge in [-0.05, 0) is 12.2 Å². The van der Waals surface area contributed by atoms with Gasteiger partial charge in [-0.1, -0.05) is 5.16 Å². The lowest BCUT2D eigenvalue weighted by atomic mass is 10.0. The molecule has 164 valence electrons. The van der Waals surface area contributed by atoms with Gasteiger partial charge < -0.3 is 26.1 Å². The van der Waals surface area contributed by atoms with Gasteiger partial charge in [0, 0.05) is 17.0 Å². The summed E-state index contributed by atoms with van der Waals surface area (Å²) < 4.78 is 0. The molecule has 3 heterocycles. The number of anilines is 1. The third-order valence-electron chi connectivity index (χ3n) is 4.16. The maximum Gasteiger partial charge on any atom is 0.374 e. The van der Waals surface area contributed by atoms with Crippen LogP contribution in [0, 0.1) is 0 Å². The predicted molar refractivity (Wildman–Crippen MR) is 111 cm³/mol. The number of hydrogen-bond donors (Lipinski definition) is 4. The zero-order valence-electron chi connectivity index (χ0n) is 15.4. The van der Waals surface area contributed by atoms with Crippen LogP contribution in [0.1, 0.15) is 5.69 Å². The van der Waals surface area contributed by atoms with Gasteiger partial charge in [-0.2, -0.15) is 0 Å². The maximum absolute atomic E-state index is 12.8. The third kappa shape index (κ3) is 4.35. The second-order valence-corrected chi connectivity index (χ2v) is 8.34. The summed E-state index contributed by atoms with van der Waals surface area (Å²) >= 11 is 8.03. The summed E-state index contributed by atoms with van der Waals surface area (Å²) in [6, 6.07) is -1.05. The molecule has 1 aromatic heterocycles. The molecule has 2 amide bonds. The maximum atomic E-state index is 12.8. The first-order valence-corrected chi connectivity index (χ1v) is 10.8. The Morgan fingerprint density at radius 3 is 2.71 bits per heavy atom. The van der Waals surface area contributed by atoms with Gasteiger partial charge in [0.15, 0.2) is 10.8 Å². The van der Waals surface area contributed by atoms with Crippen LogP contribution in [0.4, 0.5) is 5.13 Å². The average molecular weight is 488 g/mol. The number of nitrogens with zero attached hydrogens (tertiary/aromatic N) is 3. The fraction of sp³-hybridized carbons (Fsp3) is 0.250. The van der Waals surface area contributed by atoms with Gasteiger partial charge >= 0.3 is 11.9 Å². The first-order chi connectivity index (χ1) is 14.6. The summed E-state index contributed by atoms with van der Waals surface area (Å²) in [5.74, 6) is -4.84. The van der Waals surface area contributed by atoms with E-state index in [4.69, 9.17) is 22.4 Å². The third-order valence-corrected chi connectivity index (χ3v) is 6.50. The van der Waals surface area contributed by atoms with Gasteiger partial charge in [-0.3, -0.25) is 14.5 Å². The molecule has 1 fully saturated rings. The number of alkyl halides is 1. The van der Waals surface area contributed by atoms with E-state index in [1.54, 1.807) is 0 Å². The van der Waals surface area contributed by atoms with E-state index in [-0.39, 0.29) is 28.2 Å². The lowest BCUT2D eigenvalue weighted by Crippen LogP contribution is -2.71. The lowest BCUT2D eigenvalue weighted by Gasteiger charge is -2.49. The SMILES string of the molecule is C=C(O/N=C(/C(=O)N[C@@H]1C(=O)N2C(C(=O)O)=C(CCl)CS[C@H]12)c1csc(N)n1)C(=O)O. The molecule has 2 aliphatic heterocycles. The van der Waals surface area contributed by atoms with Gasteiger partial charge in [-0.25, -0.2) is 14.6 Å². The number of carboxylic acid groups (broad SMARTS) is 2. The van der Waals surface area contributed by atoms with E-state index in [0.717, 1.165) is 16.2 Å². The molecule has 1 aromatic rings. The number of nitrogen functional groups attached to an aromatic ring is 1. The summed E-state index contributed by atoms with van der Waals surface area (Å²) in [5.41, 5.74) is 5.33. The van der Waals surface area contributed by atoms with Gasteiger partial charge in [0.1, 0.15) is 22.8 Å². The average Bonchev–Trinajstić information content (AvgIpc) is 3.16. The number of oxime groups is 1. The molecule has 0 aromatic carbocycles. The summed E-state index contributed by atoms with van der Waals surface area (Å²) in [6.45, 7) is 3.14. The van der Waals surface area contributed by atoms with E-state index in [0.29, 0.717) is 5.57 Å². The highest BCUT2D eigenvalue weighted by Gasteiger charge is 2.54. The molecule has 0 spiro atoms. The number of thioether (sulfide) groups is 1. The Labute approximate surface area is 187 Å². The van der Waals surface area contributed by atoms with Crippen LogP contribution in [0.2, 0.25) is 0 Å². The molecular weight excluding hydrogens is 474 g/mol. The van der Waals surface area contributed by atoms with Crippen molar-refractivity contribution in [3.63, 3.8) is 0 Å². The highest BCUT2D eigenvalue weighted by molar-refractivity contribution is 8.00. The Morgan fingerprint density at radius 1 is 1.45 bits per heavy atom. The number of nitrogens with one attached hydrogen (secondary N) is 1. The molecule has 15 heteroatoms. The van der Waals surface area contributed by atoms with Crippen molar-refractivity contribution in [2.24, 2.45) is 5.16 Å². The Bertz CT molecular complexity index is 1050. The largest absolute Gasteiger partial charge is 0.477 e. The van der Waals surface area contributed by atoms with E-state index in [1.807, 2.05) is 0 Å². The number of rotatable bonds is 8. The molecule has 1 saturated heterocycles. The van der Waals surface area contributed by atoms with Gasteiger partial charge in [0.05, 0.1) is 0 Å². The molecule has 12 nitrogen and oxygen atoms in total. The number of carbonyl (C=O) groups excluding carboxylic acids is 2. The highest BCUT2D eigenvalue weighted by Crippen LogP contribution is 2.40. The van der Waals surface area contributed by atoms with Gasteiger partial charge in [0.2, 0.25) is 5.76 Å². The highest BCUT2D eigenvalue weighted by atomic mass is 35.5. The van der Waals surface area contributed by atoms with Crippen LogP contribution in [-0.2, 0) is 24.0 Å². The van der Waals surface area contributed by atoms with Crippen molar-refractivity contribution in [2.45, 2.75) is 11.4 Å². The zero-order chi connectivity index (χ0) is 22.9. The molecule has 5 N–H and O–H groups in total. The van der Waals surface area contributed by atoms with Crippen molar-refractivity contribution >= 4 is 69.3 Å². The van der Waals surface area contributed by atoms with Crippen LogP contribution in [0.3, 0.4) is 0 Å². The number of thiazole rings is 1. The predicted octanol–water partition coefficient (Wildman–Crippen LogP) is 0.0217. The molecule has 0 bridgehead atoms. The van der Waals surface area contributed by atoms with E-state index in [1.165, 1.54) is 17.1 Å². The van der Waals surface area contributed by atoms with Crippen LogP contribution < -0.4 is 11.1 Å². The second kappa shape index (κ2) is 8.95. The summed E-state index contributed by atoms with van der Waals surface area (Å²) in [4.78, 5) is 57.4. The minimum Gasteiger partial charge on any atom is -0.477 e. The van der Waals surface area contributed by atoms with Crippen molar-refractivity contribution in [1.29, 1.82) is 0 Å². The number of amides is 2. The van der Waals surface area contributed by atoms with Crippen molar-refractivity contribution < 1.29 is 34.2 Å². The Hall–Kier alpha value is -3.10. The van der Waals surface area contributed by atoms with E-state index >= 15 is 0 Å². The van der Waals surface area contributed by atoms with Crippen molar-refractivity contribution in [3.05, 3.63) is 34.7 Å². The number of carboxylic acids is 2. The van der Waals surface area contributed by atoms with E-state index in [9.17, 15) is 24.3 Å². The van der Waals surface area contributed by atoms with Crippen molar-refractivity contribution in [2.75, 3.05) is 17.4 Å². The molecule has 3 rings (SSSR count). The standard InChI is InChI=1S/C16H14ClN5O7S2/c1-5(14(25)26)29-21-8(7-4-31-16(18)19-7)11(23)20-9-12(24)22-10(15(27)28)6(2-17)3-30-13(9)22/h4,9,13H,1-3H2,(H2,18,19)(H,20,23)(H,25,26)(H,27,28)/b21-8+/t9-,13-/m1/s1. The zero-order valence-corrected chi connectivity index (χ0v) is 17.8. The van der Waals surface area contributed by atoms with Crippen LogP contribution in [0.15, 0.2) is 34.1 Å². The summed E-state index contributed by atoms with van der Waals surface area (Å²) in [5, 5.41) is 25.1. The molecular formula is C16H14ClN5O7S2. The number of aliphatic carboxylic acids is 2. The minimum atomic E-state index is -1.49. The first-order valence-electron chi connectivity index (χ1n) is 8.31. The first kappa shape index (κ1) is 22.6. The van der Waals surface area contributed by atoms with Crippen molar-refractivity contribution in [1.82, 2.24) is 15.2 Å². The number of β-lactam (4-membered cyclic amide) rings is 1. The van der Waals surface area contributed by atoms with E-state index in [2.05, 4.69) is 26.9 Å². The molecule has 0 saturated carbocycles. The van der Waals surface area contributed by atoms with Crippen LogP contribution in [0.25, 0.3) is 0 Å². The van der Waals surface area contributed by atoms with Crippen molar-refractivity contribution in [3.8, 4) is 0 Å². The Kier molecular flexibility index (Phi) is 6.52. The van der Waals surface area contributed by atoms with Gasteiger partial charge in [0.25, 0.3) is 11.8 Å². The molecule has 0 radical (unpaired) electrons. The number of hydrogen-bond acceptors (Lipinski definition) is 10. The summed E-state index contributed by atoms with van der Waals surface area (Å²) in [7, 11) is 0. The minimum absolute atomic E-state index is 0.00587. The quantitative estimate of drug-likeness (QED) is 0.0972. The molecule has 2 aliphatic rings. The van der Waals surface area contributed by atoms with Gasteiger partial charge in [-0.15, -0.1) is 34.7 Å². The van der Waals surface area contributed by atoms with Crippen LogP contribution in [0.5, 0.6) is 0 Å². The van der Waals surface area contributed by atoms with Crippen LogP contribution >= 0.6 is 34.7 Å².